The van der Waals surface area contributed by atoms with Crippen LogP contribution < -0.4 is 21.3 Å². The Kier molecular flexibility index (Phi) is 12.4. The topological polar surface area (TPSA) is 357 Å². The summed E-state index contributed by atoms with van der Waals surface area (Å²) in [5, 5.41) is 87.7. The molecule has 20 nitrogen and oxygen atoms in total. The molecule has 0 spiro atoms. The van der Waals surface area contributed by atoms with Gasteiger partial charge in [-0.1, -0.05) is 30.3 Å². The number of ketones is 4. The molecule has 0 aliphatic heterocycles. The highest BCUT2D eigenvalue weighted by Crippen LogP contribution is 2.56. The van der Waals surface area contributed by atoms with Gasteiger partial charge in [0.05, 0.1) is 11.1 Å². The maximum atomic E-state index is 13.7. The van der Waals surface area contributed by atoms with Crippen molar-refractivity contribution in [1.82, 2.24) is 0 Å². The number of fused-ring (bicyclic) bond motifs is 6. The predicted octanol–water partition coefficient (Wildman–Crippen LogP) is 2.06. The van der Waals surface area contributed by atoms with E-state index in [1.54, 1.807) is 6.07 Å². The van der Waals surface area contributed by atoms with Crippen LogP contribution in [0.1, 0.15) is 47.9 Å². The van der Waals surface area contributed by atoms with Crippen molar-refractivity contribution in [1.29, 1.82) is 0 Å². The van der Waals surface area contributed by atoms with Gasteiger partial charge in [-0.3, -0.25) is 28.8 Å². The summed E-state index contributed by atoms with van der Waals surface area (Å²) in [5.41, 5.74) is 7.46. The molecule has 6 aliphatic rings. The van der Waals surface area contributed by atoms with Crippen LogP contribution in [0.15, 0.2) is 82.3 Å². The van der Waals surface area contributed by atoms with E-state index in [9.17, 15) is 69.6 Å². The minimum Gasteiger partial charge on any atom is -0.508 e. The van der Waals surface area contributed by atoms with Crippen LogP contribution in [0, 0.1) is 23.7 Å². The summed E-state index contributed by atoms with van der Waals surface area (Å²) < 4.78 is 0. The Morgan fingerprint density at radius 1 is 0.623 bits per heavy atom. The third kappa shape index (κ3) is 7.40. The van der Waals surface area contributed by atoms with Crippen LogP contribution in [-0.4, -0.2) is 121 Å². The number of hydrogen-bond donors (Lipinski definition) is 10. The fourth-order valence-corrected chi connectivity index (χ4v) is 10.9. The highest BCUT2D eigenvalue weighted by molar-refractivity contribution is 6.24. The van der Waals surface area contributed by atoms with Crippen LogP contribution in [0.5, 0.6) is 11.5 Å². The number of phenolic OH excluding ortho intramolecular Hbond substituents is 2. The van der Waals surface area contributed by atoms with Gasteiger partial charge >= 0.3 is 6.15 Å². The zero-order valence-corrected chi connectivity index (χ0v) is 37.6. The molecule has 2 fully saturated rings. The largest absolute Gasteiger partial charge is 0.508 e. The van der Waals surface area contributed by atoms with Crippen LogP contribution in [0.25, 0.3) is 22.6 Å². The number of carbonyl (C=O) groups excluding carboxylic acids is 8. The number of carbonyl (C=O) groups is 6. The first kappa shape index (κ1) is 48.9. The van der Waals surface area contributed by atoms with Gasteiger partial charge in [0.15, 0.2) is 22.8 Å². The molecule has 0 heterocycles. The molecule has 9 rings (SSSR count). The number of anilines is 2. The number of amides is 2. The molecular weight excluding hydrogens is 901 g/mol. The predicted molar refractivity (Wildman–Crippen MR) is 242 cm³/mol. The van der Waals surface area contributed by atoms with Gasteiger partial charge in [0.2, 0.25) is 11.6 Å². The van der Waals surface area contributed by atoms with Gasteiger partial charge < -0.3 is 62.1 Å². The van der Waals surface area contributed by atoms with Crippen molar-refractivity contribution in [3.8, 4) is 22.6 Å². The molecule has 360 valence electrons. The lowest BCUT2D eigenvalue weighted by Gasteiger charge is -2.46. The third-order valence-electron chi connectivity index (χ3n) is 14.0. The van der Waals surface area contributed by atoms with E-state index in [4.69, 9.17) is 21.1 Å². The molecule has 0 bridgehead atoms. The lowest BCUT2D eigenvalue weighted by molar-refractivity contribution is -0.192. The lowest BCUT2D eigenvalue weighted by atomic mass is 9.59. The standard InChI is InChI=1S/C27H26N2O7.C21H22N2O7.CO2/c1-29(2)17-11-15(12-6-4-3-5-7-12)22(31)20-16(17)9-13-8-14-10-18(30)21(26(28)35)25(34)27(14,36)24(33)19(13)23(20)32;1-23(2)11-3-4-12(24)15-10(11)6-8-5-9-7-13(25)16(20(22)29)19(28)21(9,30)18(27)14(8)17(15)26;2-1-3/h3-7,11,13-14,31-32,34,36H,8-10H2,1-2H3,(H2,28,35);3-4,8-9,24,26,28,30H,5-7H2,1-2H3,(H2,22,29);/t13-,14+,27+;8-,9+,21+;/m11./s1. The van der Waals surface area contributed by atoms with Gasteiger partial charge in [-0.15, -0.1) is 0 Å². The average Bonchev–Trinajstić information content (AvgIpc) is 3.26. The van der Waals surface area contributed by atoms with Crippen LogP contribution >= 0.6 is 0 Å². The van der Waals surface area contributed by atoms with Gasteiger partial charge in [-0.25, -0.2) is 0 Å². The van der Waals surface area contributed by atoms with E-state index in [-0.39, 0.29) is 78.4 Å². The summed E-state index contributed by atoms with van der Waals surface area (Å²) in [6, 6.07) is 14.0. The smallest absolute Gasteiger partial charge is 0.373 e. The number of nitrogens with zero attached hydrogens (tertiary/aromatic N) is 2. The molecule has 69 heavy (non-hydrogen) atoms. The highest BCUT2D eigenvalue weighted by atomic mass is 16.4. The number of rotatable bonds is 5. The zero-order valence-electron chi connectivity index (χ0n) is 37.6. The molecular formula is C49H48N4O16. The molecule has 0 unspecified atom stereocenters. The third-order valence-corrected chi connectivity index (χ3v) is 14.0. The Morgan fingerprint density at radius 3 is 1.46 bits per heavy atom. The van der Waals surface area contributed by atoms with Gasteiger partial charge in [-0.2, -0.15) is 9.59 Å². The Balaban J connectivity index is 0.000000196. The monoisotopic (exact) mass is 948 g/mol. The summed E-state index contributed by atoms with van der Waals surface area (Å²) in [7, 11) is 7.27. The van der Waals surface area contributed by atoms with Gasteiger partial charge in [0.25, 0.3) is 11.8 Å². The van der Waals surface area contributed by atoms with Gasteiger partial charge in [0, 0.05) is 81.0 Å². The van der Waals surface area contributed by atoms with E-state index >= 15 is 0 Å². The van der Waals surface area contributed by atoms with Crippen molar-refractivity contribution in [3.63, 3.8) is 0 Å². The minimum absolute atomic E-state index is 0.0761. The molecule has 0 saturated heterocycles. The summed E-state index contributed by atoms with van der Waals surface area (Å²) in [6.45, 7) is 0. The van der Waals surface area contributed by atoms with E-state index in [1.807, 2.05) is 74.4 Å². The van der Waals surface area contributed by atoms with Crippen LogP contribution in [0.3, 0.4) is 0 Å². The summed E-state index contributed by atoms with van der Waals surface area (Å²) >= 11 is 0. The van der Waals surface area contributed by atoms with E-state index in [0.717, 1.165) is 11.4 Å². The number of nitrogens with two attached hydrogens (primary N) is 2. The number of primary amides is 2. The van der Waals surface area contributed by atoms with Crippen molar-refractivity contribution in [3.05, 3.63) is 105 Å². The number of aromatic hydroxyl groups is 2. The fraction of sp³-hybridized carbons (Fsp3) is 0.327. The molecule has 12 N–H and O–H groups in total. The van der Waals surface area contributed by atoms with E-state index in [1.165, 1.54) is 6.07 Å². The van der Waals surface area contributed by atoms with Crippen molar-refractivity contribution in [2.45, 2.75) is 49.7 Å². The second-order valence-corrected chi connectivity index (χ2v) is 18.2. The summed E-state index contributed by atoms with van der Waals surface area (Å²) in [5.74, 6) is -12.6. The van der Waals surface area contributed by atoms with Crippen molar-refractivity contribution in [2.24, 2.45) is 35.1 Å². The van der Waals surface area contributed by atoms with Crippen LogP contribution in [0.2, 0.25) is 0 Å². The summed E-state index contributed by atoms with van der Waals surface area (Å²) in [6.07, 6.45) is 0.326. The SMILES string of the molecule is CN(C)c1cc(-c2ccccc2)c(O)c2c1C[C@H]1C[C@H]3CC(=O)C(C(N)=O)=C(O)[C@@]3(O)C(=O)C1=C2O.CN(C)c1ccc(O)c2c1C[C@H]1C[C@H]3CC(=O)C(C(N)=O)=C(O)[C@@]3(O)C(=O)C1=C2O.O=C=O. The Labute approximate surface area is 392 Å². The number of aliphatic hydroxyl groups excluding tert-OH is 4. The first-order valence-corrected chi connectivity index (χ1v) is 21.5. The Hall–Kier alpha value is -8.06. The van der Waals surface area contributed by atoms with Gasteiger partial charge in [0.1, 0.15) is 45.7 Å². The first-order chi connectivity index (χ1) is 32.4. The fourth-order valence-electron chi connectivity index (χ4n) is 10.9. The van der Waals surface area contributed by atoms with Crippen molar-refractivity contribution < 1.29 is 79.2 Å². The molecule has 3 aromatic carbocycles. The first-order valence-electron chi connectivity index (χ1n) is 21.5. The van der Waals surface area contributed by atoms with Crippen LogP contribution in [-0.2, 0) is 51.2 Å². The lowest BCUT2D eigenvalue weighted by Crippen LogP contribution is -2.58. The maximum absolute atomic E-state index is 13.7. The molecule has 2 amide bonds. The number of hydrogen-bond acceptors (Lipinski definition) is 18. The van der Waals surface area contributed by atoms with Gasteiger partial charge in [-0.05, 0) is 72.4 Å². The molecule has 20 heteroatoms. The quantitative estimate of drug-likeness (QED) is 0.164. The molecule has 6 aliphatic carbocycles. The molecule has 2 saturated carbocycles. The minimum atomic E-state index is -2.58. The summed E-state index contributed by atoms with van der Waals surface area (Å²) in [4.78, 5) is 95.2. The Morgan fingerprint density at radius 2 is 1.04 bits per heavy atom. The normalized spacial score (nSPS) is 25.5. The van der Waals surface area contributed by atoms with Crippen LogP contribution in [0.4, 0.5) is 11.4 Å². The number of benzene rings is 3. The number of aliphatic hydroxyl groups is 6. The number of Topliss-reactive ketones (excluding diaryl/α,β-unsaturated/α-hetero) is 4. The van der Waals surface area contributed by atoms with E-state index in [2.05, 4.69) is 0 Å². The molecule has 3 aromatic rings. The highest BCUT2D eigenvalue weighted by Gasteiger charge is 2.62. The zero-order chi connectivity index (χ0) is 50.9. The second-order valence-electron chi connectivity index (χ2n) is 18.2. The van der Waals surface area contributed by atoms with E-state index < -0.39 is 104 Å². The maximum Gasteiger partial charge on any atom is 0.373 e. The average molecular weight is 949 g/mol. The van der Waals surface area contributed by atoms with E-state index in [0.29, 0.717) is 22.3 Å². The molecule has 0 aromatic heterocycles. The molecule has 6 atom stereocenters. The Bertz CT molecular complexity index is 2980. The molecule has 0 radical (unpaired) electrons. The number of phenols is 2. The van der Waals surface area contributed by atoms with Crippen molar-refractivity contribution in [2.75, 3.05) is 38.0 Å². The van der Waals surface area contributed by atoms with Crippen molar-refractivity contribution >= 4 is 64.0 Å². The second kappa shape index (κ2) is 17.5.